The normalized spacial score (nSPS) is 15.6. The molecule has 0 aliphatic heterocycles. The van der Waals surface area contributed by atoms with E-state index in [0.29, 0.717) is 12.6 Å². The van der Waals surface area contributed by atoms with Crippen LogP contribution >= 0.6 is 11.8 Å². The van der Waals surface area contributed by atoms with Gasteiger partial charge in [-0.15, -0.1) is 11.8 Å². The van der Waals surface area contributed by atoms with Gasteiger partial charge in [-0.2, -0.15) is 0 Å². The van der Waals surface area contributed by atoms with Crippen LogP contribution in [0.5, 0.6) is 5.75 Å². The van der Waals surface area contributed by atoms with Gasteiger partial charge in [0.2, 0.25) is 0 Å². The van der Waals surface area contributed by atoms with Gasteiger partial charge in [0.1, 0.15) is 5.75 Å². The molecule has 2 N–H and O–H groups in total. The minimum atomic E-state index is 0.425. The first-order valence-electron chi connectivity index (χ1n) is 4.73. The SMILES string of the molecule is CSc1c(OC2CC2)ccnc1CN. The van der Waals surface area contributed by atoms with E-state index >= 15 is 0 Å². The average molecular weight is 210 g/mol. The molecule has 0 saturated heterocycles. The topological polar surface area (TPSA) is 48.1 Å². The van der Waals surface area contributed by atoms with Gasteiger partial charge in [0.25, 0.3) is 0 Å². The van der Waals surface area contributed by atoms with E-state index in [0.717, 1.165) is 16.3 Å². The molecule has 0 spiro atoms. The van der Waals surface area contributed by atoms with Crippen LogP contribution in [0.2, 0.25) is 0 Å². The molecule has 0 atom stereocenters. The lowest BCUT2D eigenvalue weighted by atomic mass is 10.3. The Morgan fingerprint density at radius 2 is 2.43 bits per heavy atom. The summed E-state index contributed by atoms with van der Waals surface area (Å²) in [6.45, 7) is 0.470. The van der Waals surface area contributed by atoms with Crippen LogP contribution in [0, 0.1) is 0 Å². The summed E-state index contributed by atoms with van der Waals surface area (Å²) in [5.41, 5.74) is 6.54. The van der Waals surface area contributed by atoms with Crippen LogP contribution in [0.4, 0.5) is 0 Å². The summed E-state index contributed by atoms with van der Waals surface area (Å²) >= 11 is 1.65. The molecule has 0 bridgehead atoms. The summed E-state index contributed by atoms with van der Waals surface area (Å²) in [5, 5.41) is 0. The maximum absolute atomic E-state index is 5.77. The Labute approximate surface area is 88.0 Å². The third-order valence-corrected chi connectivity index (χ3v) is 3.00. The van der Waals surface area contributed by atoms with Crippen LogP contribution in [0.1, 0.15) is 18.5 Å². The molecular formula is C10H14N2OS. The molecule has 1 aromatic rings. The van der Waals surface area contributed by atoms with E-state index in [4.69, 9.17) is 10.5 Å². The number of thioether (sulfide) groups is 1. The van der Waals surface area contributed by atoms with E-state index in [1.165, 1.54) is 12.8 Å². The molecule has 76 valence electrons. The quantitative estimate of drug-likeness (QED) is 0.770. The summed E-state index contributed by atoms with van der Waals surface area (Å²) in [5.74, 6) is 0.940. The standard InChI is InChI=1S/C10H14N2OS/c1-14-10-8(6-11)12-5-4-9(10)13-7-2-3-7/h4-5,7H,2-3,6,11H2,1H3. The maximum atomic E-state index is 5.77. The first kappa shape index (κ1) is 9.80. The van der Waals surface area contributed by atoms with Crippen molar-refractivity contribution in [3.05, 3.63) is 18.0 Å². The highest BCUT2D eigenvalue weighted by Gasteiger charge is 2.25. The van der Waals surface area contributed by atoms with E-state index in [2.05, 4.69) is 4.98 Å². The van der Waals surface area contributed by atoms with E-state index < -0.39 is 0 Å². The Balaban J connectivity index is 2.26. The van der Waals surface area contributed by atoms with Crippen molar-refractivity contribution in [2.75, 3.05) is 6.26 Å². The summed E-state index contributed by atoms with van der Waals surface area (Å²) in [4.78, 5) is 5.32. The van der Waals surface area contributed by atoms with Crippen LogP contribution in [-0.2, 0) is 6.54 Å². The number of rotatable bonds is 4. The van der Waals surface area contributed by atoms with Gasteiger partial charge in [0.15, 0.2) is 0 Å². The van der Waals surface area contributed by atoms with E-state index in [-0.39, 0.29) is 0 Å². The van der Waals surface area contributed by atoms with Gasteiger partial charge in [-0.3, -0.25) is 4.98 Å². The van der Waals surface area contributed by atoms with Gasteiger partial charge in [-0.05, 0) is 25.2 Å². The van der Waals surface area contributed by atoms with Gasteiger partial charge in [-0.1, -0.05) is 0 Å². The Bertz CT molecular complexity index is 326. The van der Waals surface area contributed by atoms with Crippen LogP contribution < -0.4 is 10.5 Å². The zero-order valence-electron chi connectivity index (χ0n) is 8.19. The largest absolute Gasteiger partial charge is 0.489 e. The third-order valence-electron chi connectivity index (χ3n) is 2.16. The monoisotopic (exact) mass is 210 g/mol. The fraction of sp³-hybridized carbons (Fsp3) is 0.500. The number of nitrogens with two attached hydrogens (primary N) is 1. The van der Waals surface area contributed by atoms with Crippen molar-refractivity contribution in [2.45, 2.75) is 30.4 Å². The van der Waals surface area contributed by atoms with Crippen molar-refractivity contribution in [2.24, 2.45) is 5.73 Å². The summed E-state index contributed by atoms with van der Waals surface area (Å²) < 4.78 is 5.77. The molecule has 4 heteroatoms. The molecule has 1 fully saturated rings. The highest BCUT2D eigenvalue weighted by Crippen LogP contribution is 2.34. The highest BCUT2D eigenvalue weighted by atomic mass is 32.2. The summed E-state index contributed by atoms with van der Waals surface area (Å²) in [7, 11) is 0. The fourth-order valence-corrected chi connectivity index (χ4v) is 1.98. The highest BCUT2D eigenvalue weighted by molar-refractivity contribution is 7.98. The second-order valence-corrected chi connectivity index (χ2v) is 4.13. The Morgan fingerprint density at radius 3 is 3.00 bits per heavy atom. The van der Waals surface area contributed by atoms with Crippen molar-refractivity contribution in [1.82, 2.24) is 4.98 Å². The van der Waals surface area contributed by atoms with Crippen molar-refractivity contribution < 1.29 is 4.74 Å². The first-order valence-corrected chi connectivity index (χ1v) is 5.96. The predicted octanol–water partition coefficient (Wildman–Crippen LogP) is 1.80. The maximum Gasteiger partial charge on any atom is 0.136 e. The van der Waals surface area contributed by atoms with Crippen LogP contribution in [0.3, 0.4) is 0 Å². The molecule has 0 aromatic carbocycles. The predicted molar refractivity (Wildman–Crippen MR) is 57.6 cm³/mol. The van der Waals surface area contributed by atoms with Gasteiger partial charge >= 0.3 is 0 Å². The van der Waals surface area contributed by atoms with E-state index in [1.807, 2.05) is 12.3 Å². The van der Waals surface area contributed by atoms with Gasteiger partial charge in [-0.25, -0.2) is 0 Å². The molecule has 1 heterocycles. The van der Waals surface area contributed by atoms with Crippen LogP contribution in [0.25, 0.3) is 0 Å². The number of nitrogens with zero attached hydrogens (tertiary/aromatic N) is 1. The molecule has 1 aromatic heterocycles. The fourth-order valence-electron chi connectivity index (χ4n) is 1.29. The molecule has 14 heavy (non-hydrogen) atoms. The molecule has 2 rings (SSSR count). The number of hydrogen-bond donors (Lipinski definition) is 1. The van der Waals surface area contributed by atoms with Crippen LogP contribution in [0.15, 0.2) is 17.2 Å². The van der Waals surface area contributed by atoms with Crippen molar-refractivity contribution in [1.29, 1.82) is 0 Å². The molecule has 1 aliphatic rings. The molecular weight excluding hydrogens is 196 g/mol. The lowest BCUT2D eigenvalue weighted by Crippen LogP contribution is -2.05. The molecule has 1 aliphatic carbocycles. The van der Waals surface area contributed by atoms with E-state index in [1.54, 1.807) is 18.0 Å². The van der Waals surface area contributed by atoms with Gasteiger partial charge in [0.05, 0.1) is 16.7 Å². The number of pyridine rings is 1. The van der Waals surface area contributed by atoms with Gasteiger partial charge in [0, 0.05) is 12.7 Å². The number of aromatic nitrogens is 1. The first-order chi connectivity index (χ1) is 6.85. The number of ether oxygens (including phenoxy) is 1. The second-order valence-electron chi connectivity index (χ2n) is 3.31. The van der Waals surface area contributed by atoms with Crippen molar-refractivity contribution in [3.63, 3.8) is 0 Å². The zero-order valence-corrected chi connectivity index (χ0v) is 9.01. The second kappa shape index (κ2) is 4.19. The third kappa shape index (κ3) is 2.01. The van der Waals surface area contributed by atoms with Crippen molar-refractivity contribution in [3.8, 4) is 5.75 Å². The minimum Gasteiger partial charge on any atom is -0.489 e. The molecule has 0 radical (unpaired) electrons. The summed E-state index contributed by atoms with van der Waals surface area (Å²) in [6.07, 6.45) is 6.56. The minimum absolute atomic E-state index is 0.425. The van der Waals surface area contributed by atoms with E-state index in [9.17, 15) is 0 Å². The smallest absolute Gasteiger partial charge is 0.136 e. The lowest BCUT2D eigenvalue weighted by molar-refractivity contribution is 0.295. The molecule has 1 saturated carbocycles. The summed E-state index contributed by atoms with van der Waals surface area (Å²) in [6, 6.07) is 1.92. The van der Waals surface area contributed by atoms with Crippen LogP contribution in [-0.4, -0.2) is 17.3 Å². The Hall–Kier alpha value is -0.740. The Kier molecular flexibility index (Phi) is 2.93. The lowest BCUT2D eigenvalue weighted by Gasteiger charge is -2.11. The molecule has 3 nitrogen and oxygen atoms in total. The zero-order chi connectivity index (χ0) is 9.97. The van der Waals surface area contributed by atoms with Crippen molar-refractivity contribution >= 4 is 11.8 Å². The number of hydrogen-bond acceptors (Lipinski definition) is 4. The van der Waals surface area contributed by atoms with Gasteiger partial charge < -0.3 is 10.5 Å². The molecule has 0 amide bonds. The molecule has 0 unspecified atom stereocenters. The Morgan fingerprint density at radius 1 is 1.64 bits per heavy atom. The average Bonchev–Trinajstić information content (AvgIpc) is 3.01.